The molecule has 0 aliphatic heterocycles. The minimum absolute atomic E-state index is 0.151. The van der Waals surface area contributed by atoms with Gasteiger partial charge in [0.05, 0.1) is 4.92 Å². The van der Waals surface area contributed by atoms with Crippen LogP contribution in [0.4, 0.5) is 5.69 Å². The van der Waals surface area contributed by atoms with Gasteiger partial charge in [-0.25, -0.2) is 0 Å². The topological polar surface area (TPSA) is 43.1 Å². The number of hydrogen-bond donors (Lipinski definition) is 0. The van der Waals surface area contributed by atoms with Crippen LogP contribution in [-0.4, -0.2) is 12.2 Å². The summed E-state index contributed by atoms with van der Waals surface area (Å²) in [5, 5.41) is 10.3. The zero-order valence-corrected chi connectivity index (χ0v) is 7.07. The van der Waals surface area contributed by atoms with E-state index in [2.05, 4.69) is 0 Å². The first-order valence-corrected chi connectivity index (χ1v) is 3.69. The van der Waals surface area contributed by atoms with Crippen LogP contribution in [0.5, 0.6) is 0 Å². The van der Waals surface area contributed by atoms with Crippen molar-refractivity contribution in [1.82, 2.24) is 0 Å². The van der Waals surface area contributed by atoms with Crippen LogP contribution in [0.15, 0.2) is 18.2 Å². The molecule has 61 valence electrons. The maximum atomic E-state index is 10.3. The molecule has 1 aromatic carbocycles. The predicted molar refractivity (Wildman–Crippen MR) is 49.1 cm³/mol. The van der Waals surface area contributed by atoms with Gasteiger partial charge >= 0.3 is 0 Å². The molecule has 12 heavy (non-hydrogen) atoms. The van der Waals surface area contributed by atoms with Crippen molar-refractivity contribution in [2.75, 3.05) is 0 Å². The standard InChI is InChI=1S/C8H9BNO2/c1-6-5-7(10(11)12)3-4-8(6)9-2/h3-5H,1-2H3. The van der Waals surface area contributed by atoms with Gasteiger partial charge in [0.1, 0.15) is 7.28 Å². The van der Waals surface area contributed by atoms with E-state index in [1.165, 1.54) is 6.07 Å². The molecule has 0 saturated carbocycles. The highest BCUT2D eigenvalue weighted by molar-refractivity contribution is 6.52. The fraction of sp³-hybridized carbons (Fsp3) is 0.250. The minimum atomic E-state index is -0.382. The van der Waals surface area contributed by atoms with Gasteiger partial charge in [0.2, 0.25) is 0 Å². The summed E-state index contributed by atoms with van der Waals surface area (Å²) in [5.41, 5.74) is 2.13. The molecule has 4 heteroatoms. The molecule has 0 aliphatic rings. The van der Waals surface area contributed by atoms with Crippen molar-refractivity contribution in [2.45, 2.75) is 13.7 Å². The number of non-ortho nitro benzene ring substituents is 1. The van der Waals surface area contributed by atoms with E-state index in [-0.39, 0.29) is 10.6 Å². The number of aryl methyl sites for hydroxylation is 1. The maximum Gasteiger partial charge on any atom is 0.269 e. The van der Waals surface area contributed by atoms with Gasteiger partial charge < -0.3 is 0 Å². The highest BCUT2D eigenvalue weighted by Gasteiger charge is 2.06. The van der Waals surface area contributed by atoms with Crippen LogP contribution < -0.4 is 5.46 Å². The number of benzene rings is 1. The van der Waals surface area contributed by atoms with Crippen LogP contribution in [0.25, 0.3) is 0 Å². The van der Waals surface area contributed by atoms with Crippen molar-refractivity contribution >= 4 is 18.4 Å². The first-order valence-electron chi connectivity index (χ1n) is 3.69. The van der Waals surface area contributed by atoms with Crippen LogP contribution in [0, 0.1) is 17.0 Å². The third-order valence-corrected chi connectivity index (χ3v) is 1.78. The van der Waals surface area contributed by atoms with E-state index >= 15 is 0 Å². The Bertz CT molecular complexity index is 312. The summed E-state index contributed by atoms with van der Waals surface area (Å²) < 4.78 is 0. The first-order chi connectivity index (χ1) is 5.65. The lowest BCUT2D eigenvalue weighted by Gasteiger charge is -2.00. The van der Waals surface area contributed by atoms with Gasteiger partial charge in [-0.1, -0.05) is 23.9 Å². The number of nitro groups is 1. The Labute approximate surface area is 71.8 Å². The molecular formula is C8H9BNO2. The van der Waals surface area contributed by atoms with E-state index in [0.29, 0.717) is 0 Å². The van der Waals surface area contributed by atoms with E-state index in [0.717, 1.165) is 11.0 Å². The summed E-state index contributed by atoms with van der Waals surface area (Å²) in [4.78, 5) is 9.97. The predicted octanol–water partition coefficient (Wildman–Crippen LogP) is 1.28. The zero-order chi connectivity index (χ0) is 9.14. The van der Waals surface area contributed by atoms with Gasteiger partial charge in [-0.2, -0.15) is 0 Å². The van der Waals surface area contributed by atoms with Gasteiger partial charge in [0.15, 0.2) is 0 Å². The molecule has 0 heterocycles. The molecule has 0 saturated heterocycles. The van der Waals surface area contributed by atoms with Gasteiger partial charge in [-0.05, 0) is 6.92 Å². The lowest BCUT2D eigenvalue weighted by atomic mass is 9.71. The summed E-state index contributed by atoms with van der Waals surface area (Å²) in [6.45, 7) is 3.77. The Balaban J connectivity index is 3.10. The van der Waals surface area contributed by atoms with Crippen molar-refractivity contribution < 1.29 is 4.92 Å². The molecule has 0 spiro atoms. The van der Waals surface area contributed by atoms with E-state index in [1.807, 2.05) is 21.0 Å². The van der Waals surface area contributed by atoms with Crippen molar-refractivity contribution in [3.8, 4) is 0 Å². The third-order valence-electron chi connectivity index (χ3n) is 1.78. The molecule has 0 aromatic heterocycles. The van der Waals surface area contributed by atoms with Gasteiger partial charge in [0.25, 0.3) is 5.69 Å². The summed E-state index contributed by atoms with van der Waals surface area (Å²) in [7, 11) is 1.93. The number of nitro benzene ring substituents is 1. The van der Waals surface area contributed by atoms with Gasteiger partial charge in [-0.15, -0.1) is 0 Å². The van der Waals surface area contributed by atoms with Gasteiger partial charge in [0, 0.05) is 12.1 Å². The average Bonchev–Trinajstić information content (AvgIpc) is 2.04. The second-order valence-corrected chi connectivity index (χ2v) is 2.59. The van der Waals surface area contributed by atoms with Crippen LogP contribution >= 0.6 is 0 Å². The molecule has 3 nitrogen and oxygen atoms in total. The Kier molecular flexibility index (Phi) is 2.48. The fourth-order valence-corrected chi connectivity index (χ4v) is 1.10. The third kappa shape index (κ3) is 1.64. The molecule has 0 unspecified atom stereocenters. The molecular weight excluding hydrogens is 153 g/mol. The van der Waals surface area contributed by atoms with Crippen molar-refractivity contribution in [3.05, 3.63) is 33.9 Å². The Morgan fingerprint density at radius 2 is 2.17 bits per heavy atom. The van der Waals surface area contributed by atoms with E-state index in [9.17, 15) is 10.1 Å². The molecule has 0 amide bonds. The molecule has 1 aromatic rings. The number of rotatable bonds is 2. The smallest absolute Gasteiger partial charge is 0.258 e. The SMILES string of the molecule is C[B]c1ccc([N+](=O)[O-])cc1C. The minimum Gasteiger partial charge on any atom is -0.258 e. The summed E-state index contributed by atoms with van der Waals surface area (Å²) in [5.74, 6) is 0. The summed E-state index contributed by atoms with van der Waals surface area (Å²) in [6.07, 6.45) is 0. The van der Waals surface area contributed by atoms with Crippen molar-refractivity contribution in [3.63, 3.8) is 0 Å². The first kappa shape index (κ1) is 8.78. The lowest BCUT2D eigenvalue weighted by Crippen LogP contribution is -2.14. The molecule has 0 aliphatic carbocycles. The monoisotopic (exact) mass is 162 g/mol. The number of nitrogens with zero attached hydrogens (tertiary/aromatic N) is 1. The largest absolute Gasteiger partial charge is 0.269 e. The Morgan fingerprint density at radius 1 is 1.50 bits per heavy atom. The normalized spacial score (nSPS) is 9.50. The van der Waals surface area contributed by atoms with Crippen LogP contribution in [0.2, 0.25) is 6.82 Å². The molecule has 0 bridgehead atoms. The highest BCUT2D eigenvalue weighted by Crippen LogP contribution is 2.10. The van der Waals surface area contributed by atoms with Crippen molar-refractivity contribution in [1.29, 1.82) is 0 Å². The van der Waals surface area contributed by atoms with Crippen LogP contribution in [0.3, 0.4) is 0 Å². The molecule has 1 rings (SSSR count). The summed E-state index contributed by atoms with van der Waals surface area (Å²) in [6, 6.07) is 4.85. The van der Waals surface area contributed by atoms with E-state index in [4.69, 9.17) is 0 Å². The van der Waals surface area contributed by atoms with Crippen LogP contribution in [-0.2, 0) is 0 Å². The Morgan fingerprint density at radius 3 is 2.58 bits per heavy atom. The highest BCUT2D eigenvalue weighted by atomic mass is 16.6. The number of hydrogen-bond acceptors (Lipinski definition) is 2. The maximum absolute atomic E-state index is 10.3. The van der Waals surface area contributed by atoms with Crippen LogP contribution in [0.1, 0.15) is 5.56 Å². The molecule has 0 atom stereocenters. The second-order valence-electron chi connectivity index (χ2n) is 2.59. The fourth-order valence-electron chi connectivity index (χ4n) is 1.10. The molecule has 0 N–H and O–H groups in total. The quantitative estimate of drug-likeness (QED) is 0.373. The average molecular weight is 162 g/mol. The van der Waals surface area contributed by atoms with Crippen molar-refractivity contribution in [2.24, 2.45) is 0 Å². The van der Waals surface area contributed by atoms with Gasteiger partial charge in [-0.3, -0.25) is 10.1 Å². The summed E-state index contributed by atoms with van der Waals surface area (Å²) >= 11 is 0. The lowest BCUT2D eigenvalue weighted by molar-refractivity contribution is -0.384. The molecule has 1 radical (unpaired) electrons. The molecule has 0 fully saturated rings. The Hall–Kier alpha value is -1.32. The second kappa shape index (κ2) is 3.39. The van der Waals surface area contributed by atoms with E-state index in [1.54, 1.807) is 12.1 Å². The zero-order valence-electron chi connectivity index (χ0n) is 7.07. The van der Waals surface area contributed by atoms with E-state index < -0.39 is 0 Å².